The van der Waals surface area contributed by atoms with Gasteiger partial charge in [0.2, 0.25) is 5.91 Å². The Kier molecular flexibility index (Phi) is 7.12. The summed E-state index contributed by atoms with van der Waals surface area (Å²) in [5.41, 5.74) is 0.889. The number of piperidine rings is 1. The zero-order chi connectivity index (χ0) is 14.5. The first kappa shape index (κ1) is 17.9. The standard InChI is InChI=1S/C16H23FN2O.ClH/c1-12(13-5-3-6-14(17)10-13)9-16(20)19-8-4-7-15(11-19)18-2;/h3,5-6,10,12,15,18H,4,7-9,11H2,1-2H3;1H. The van der Waals surface area contributed by atoms with Crippen LogP contribution in [0.2, 0.25) is 0 Å². The number of halogens is 2. The third-order valence-electron chi connectivity index (χ3n) is 4.08. The van der Waals surface area contributed by atoms with Gasteiger partial charge in [0.1, 0.15) is 5.82 Å². The molecule has 2 rings (SSSR count). The maximum atomic E-state index is 13.2. The van der Waals surface area contributed by atoms with Crippen LogP contribution in [0, 0.1) is 5.82 Å². The lowest BCUT2D eigenvalue weighted by Gasteiger charge is -2.33. The van der Waals surface area contributed by atoms with Crippen LogP contribution in [-0.4, -0.2) is 37.0 Å². The van der Waals surface area contributed by atoms with E-state index in [0.717, 1.165) is 31.5 Å². The van der Waals surface area contributed by atoms with Gasteiger partial charge in [0.15, 0.2) is 0 Å². The fraction of sp³-hybridized carbons (Fsp3) is 0.562. The lowest BCUT2D eigenvalue weighted by atomic mass is 9.96. The molecule has 2 atom stereocenters. The molecule has 0 spiro atoms. The quantitative estimate of drug-likeness (QED) is 0.926. The van der Waals surface area contributed by atoms with E-state index in [-0.39, 0.29) is 30.0 Å². The number of likely N-dealkylation sites (tertiary alicyclic amines) is 1. The fourth-order valence-corrected chi connectivity index (χ4v) is 2.76. The summed E-state index contributed by atoms with van der Waals surface area (Å²) in [5, 5.41) is 3.24. The van der Waals surface area contributed by atoms with Gasteiger partial charge in [-0.2, -0.15) is 0 Å². The molecule has 3 nitrogen and oxygen atoms in total. The second-order valence-electron chi connectivity index (χ2n) is 5.63. The molecular weight excluding hydrogens is 291 g/mol. The Morgan fingerprint density at radius 2 is 2.29 bits per heavy atom. The van der Waals surface area contributed by atoms with Crippen molar-refractivity contribution in [2.24, 2.45) is 0 Å². The summed E-state index contributed by atoms with van der Waals surface area (Å²) in [4.78, 5) is 14.3. The molecule has 1 amide bonds. The molecule has 0 bridgehead atoms. The molecule has 1 N–H and O–H groups in total. The molecule has 2 unspecified atom stereocenters. The Hall–Kier alpha value is -1.13. The van der Waals surface area contributed by atoms with Crippen molar-refractivity contribution < 1.29 is 9.18 Å². The topological polar surface area (TPSA) is 32.3 Å². The summed E-state index contributed by atoms with van der Waals surface area (Å²) >= 11 is 0. The van der Waals surface area contributed by atoms with Gasteiger partial charge in [-0.15, -0.1) is 12.4 Å². The van der Waals surface area contributed by atoms with Crippen LogP contribution in [0.1, 0.15) is 37.7 Å². The van der Waals surface area contributed by atoms with Gasteiger partial charge in [-0.05, 0) is 43.5 Å². The van der Waals surface area contributed by atoms with Crippen molar-refractivity contribution >= 4 is 18.3 Å². The number of nitrogens with one attached hydrogen (secondary N) is 1. The van der Waals surface area contributed by atoms with Crippen molar-refractivity contribution in [2.45, 2.75) is 38.1 Å². The number of rotatable bonds is 4. The van der Waals surface area contributed by atoms with E-state index in [1.165, 1.54) is 12.1 Å². The predicted molar refractivity (Wildman–Crippen MR) is 85.3 cm³/mol. The van der Waals surface area contributed by atoms with Gasteiger partial charge < -0.3 is 10.2 Å². The number of amides is 1. The molecule has 1 saturated heterocycles. The number of benzene rings is 1. The zero-order valence-corrected chi connectivity index (χ0v) is 13.5. The first-order chi connectivity index (χ1) is 9.60. The molecule has 5 heteroatoms. The first-order valence-corrected chi connectivity index (χ1v) is 7.30. The lowest BCUT2D eigenvalue weighted by molar-refractivity contribution is -0.132. The van der Waals surface area contributed by atoms with Gasteiger partial charge in [-0.3, -0.25) is 4.79 Å². The van der Waals surface area contributed by atoms with Crippen LogP contribution in [0.15, 0.2) is 24.3 Å². The molecule has 1 heterocycles. The third-order valence-corrected chi connectivity index (χ3v) is 4.08. The number of likely N-dealkylation sites (N-methyl/N-ethyl adjacent to an activating group) is 1. The average molecular weight is 315 g/mol. The number of hydrogen-bond acceptors (Lipinski definition) is 2. The van der Waals surface area contributed by atoms with E-state index in [2.05, 4.69) is 5.32 Å². The van der Waals surface area contributed by atoms with Crippen LogP contribution >= 0.6 is 12.4 Å². The van der Waals surface area contributed by atoms with Gasteiger partial charge in [0.25, 0.3) is 0 Å². The Bertz CT molecular complexity index is 469. The zero-order valence-electron chi connectivity index (χ0n) is 12.6. The number of carbonyl (C=O) groups excluding carboxylic acids is 1. The number of nitrogens with zero attached hydrogens (tertiary/aromatic N) is 1. The van der Waals surface area contributed by atoms with Crippen LogP contribution < -0.4 is 5.32 Å². The SMILES string of the molecule is CNC1CCCN(C(=O)CC(C)c2cccc(F)c2)C1.Cl. The van der Waals surface area contributed by atoms with E-state index >= 15 is 0 Å². The molecule has 118 valence electrons. The highest BCUT2D eigenvalue weighted by Gasteiger charge is 2.23. The Balaban J connectivity index is 0.00000220. The maximum absolute atomic E-state index is 13.2. The minimum atomic E-state index is -0.241. The van der Waals surface area contributed by atoms with Crippen LogP contribution in [0.5, 0.6) is 0 Å². The van der Waals surface area contributed by atoms with Crippen LogP contribution in [0.3, 0.4) is 0 Å². The summed E-state index contributed by atoms with van der Waals surface area (Å²) in [5.74, 6) is -0.0232. The molecule has 0 radical (unpaired) electrons. The lowest BCUT2D eigenvalue weighted by Crippen LogP contribution is -2.47. The van der Waals surface area contributed by atoms with E-state index in [9.17, 15) is 9.18 Å². The summed E-state index contributed by atoms with van der Waals surface area (Å²) in [7, 11) is 1.94. The summed E-state index contributed by atoms with van der Waals surface area (Å²) < 4.78 is 13.2. The highest BCUT2D eigenvalue weighted by molar-refractivity contribution is 5.85. The third kappa shape index (κ3) is 4.97. The van der Waals surface area contributed by atoms with Gasteiger partial charge in [0.05, 0.1) is 0 Å². The number of hydrogen-bond donors (Lipinski definition) is 1. The van der Waals surface area contributed by atoms with Crippen molar-refractivity contribution in [1.82, 2.24) is 10.2 Å². The van der Waals surface area contributed by atoms with Gasteiger partial charge in [0, 0.05) is 25.6 Å². The second-order valence-corrected chi connectivity index (χ2v) is 5.63. The molecular formula is C16H24ClFN2O. The molecule has 21 heavy (non-hydrogen) atoms. The smallest absolute Gasteiger partial charge is 0.223 e. The van der Waals surface area contributed by atoms with Crippen LogP contribution in [0.4, 0.5) is 4.39 Å². The molecule has 1 aromatic rings. The summed E-state index contributed by atoms with van der Waals surface area (Å²) in [6.45, 7) is 3.60. The Morgan fingerprint density at radius 1 is 1.52 bits per heavy atom. The minimum Gasteiger partial charge on any atom is -0.341 e. The number of carbonyl (C=O) groups is 1. The molecule has 0 saturated carbocycles. The monoisotopic (exact) mass is 314 g/mol. The predicted octanol–water partition coefficient (Wildman–Crippen LogP) is 2.95. The van der Waals surface area contributed by atoms with Crippen molar-refractivity contribution in [3.8, 4) is 0 Å². The summed E-state index contributed by atoms with van der Waals surface area (Å²) in [6, 6.07) is 6.93. The molecule has 1 aliphatic rings. The highest BCUT2D eigenvalue weighted by Crippen LogP contribution is 2.22. The highest BCUT2D eigenvalue weighted by atomic mass is 35.5. The van der Waals surface area contributed by atoms with Gasteiger partial charge in [-0.25, -0.2) is 4.39 Å². The van der Waals surface area contributed by atoms with Crippen molar-refractivity contribution in [3.63, 3.8) is 0 Å². The largest absolute Gasteiger partial charge is 0.341 e. The first-order valence-electron chi connectivity index (χ1n) is 7.30. The molecule has 0 aromatic heterocycles. The maximum Gasteiger partial charge on any atom is 0.223 e. The normalized spacial score (nSPS) is 19.8. The van der Waals surface area contributed by atoms with E-state index in [1.807, 2.05) is 24.9 Å². The average Bonchev–Trinajstić information content (AvgIpc) is 2.47. The Morgan fingerprint density at radius 3 is 2.95 bits per heavy atom. The van der Waals surface area contributed by atoms with Gasteiger partial charge in [-0.1, -0.05) is 19.1 Å². The molecule has 1 fully saturated rings. The summed E-state index contributed by atoms with van der Waals surface area (Å²) in [6.07, 6.45) is 2.62. The van der Waals surface area contributed by atoms with Crippen molar-refractivity contribution in [2.75, 3.05) is 20.1 Å². The van der Waals surface area contributed by atoms with Crippen molar-refractivity contribution in [1.29, 1.82) is 0 Å². The van der Waals surface area contributed by atoms with E-state index in [0.29, 0.717) is 12.5 Å². The molecule has 1 aromatic carbocycles. The minimum absolute atomic E-state index is 0. The van der Waals surface area contributed by atoms with Gasteiger partial charge >= 0.3 is 0 Å². The van der Waals surface area contributed by atoms with Crippen molar-refractivity contribution in [3.05, 3.63) is 35.6 Å². The van der Waals surface area contributed by atoms with E-state index in [4.69, 9.17) is 0 Å². The van der Waals surface area contributed by atoms with Crippen LogP contribution in [0.25, 0.3) is 0 Å². The van der Waals surface area contributed by atoms with E-state index < -0.39 is 0 Å². The molecule has 0 aliphatic carbocycles. The second kappa shape index (κ2) is 8.35. The van der Waals surface area contributed by atoms with Crippen LogP contribution in [-0.2, 0) is 4.79 Å². The molecule has 1 aliphatic heterocycles. The fourth-order valence-electron chi connectivity index (χ4n) is 2.76. The Labute approximate surface area is 132 Å². The van der Waals surface area contributed by atoms with E-state index in [1.54, 1.807) is 6.07 Å².